The third-order valence-electron chi connectivity index (χ3n) is 6.30. The first-order valence-electron chi connectivity index (χ1n) is 10.2. The Kier molecular flexibility index (Phi) is 5.14. The summed E-state index contributed by atoms with van der Waals surface area (Å²) in [5.74, 6) is -0.263. The molecule has 0 amide bonds. The molecule has 164 valence electrons. The normalized spacial score (nSPS) is 28.8. The molecule has 0 radical (unpaired) electrons. The number of imidazole rings is 1. The summed E-state index contributed by atoms with van der Waals surface area (Å²) in [5.41, 5.74) is 1.20. The molecule has 10 heteroatoms. The highest BCUT2D eigenvalue weighted by Gasteiger charge is 2.56. The Hall–Kier alpha value is -1.72. The minimum atomic E-state index is -1.93. The van der Waals surface area contributed by atoms with Crippen molar-refractivity contribution < 1.29 is 18.6 Å². The Labute approximate surface area is 178 Å². The van der Waals surface area contributed by atoms with Gasteiger partial charge in [-0.1, -0.05) is 20.8 Å². The van der Waals surface area contributed by atoms with Crippen molar-refractivity contribution in [2.45, 2.75) is 83.1 Å². The van der Waals surface area contributed by atoms with Crippen LogP contribution in [0.15, 0.2) is 17.6 Å². The van der Waals surface area contributed by atoms with Crippen LogP contribution in [0.5, 0.6) is 0 Å². The molecule has 30 heavy (non-hydrogen) atoms. The first kappa shape index (κ1) is 21.5. The van der Waals surface area contributed by atoms with Crippen LogP contribution in [-0.2, 0) is 18.6 Å². The van der Waals surface area contributed by atoms with Gasteiger partial charge in [-0.2, -0.15) is 0 Å². The zero-order valence-corrected chi connectivity index (χ0v) is 19.7. The topological polar surface area (TPSA) is 92.9 Å². The lowest BCUT2D eigenvalue weighted by atomic mass is 10.1. The van der Waals surface area contributed by atoms with Crippen molar-refractivity contribution in [2.75, 3.05) is 6.61 Å². The monoisotopic (exact) mass is 433 g/mol. The lowest BCUT2D eigenvalue weighted by Gasteiger charge is -2.37. The fourth-order valence-electron chi connectivity index (χ4n) is 3.67. The maximum atomic E-state index is 6.45. The summed E-state index contributed by atoms with van der Waals surface area (Å²) in [7, 11) is -1.93. The van der Waals surface area contributed by atoms with Crippen molar-refractivity contribution in [2.24, 2.45) is 4.99 Å². The number of ether oxygens (including phenoxy) is 3. The van der Waals surface area contributed by atoms with E-state index in [1.165, 1.54) is 6.33 Å². The van der Waals surface area contributed by atoms with Crippen LogP contribution in [-0.4, -0.2) is 65.3 Å². The number of aromatic nitrogens is 4. The van der Waals surface area contributed by atoms with Gasteiger partial charge in [-0.05, 0) is 38.7 Å². The van der Waals surface area contributed by atoms with Gasteiger partial charge in [0.05, 0.1) is 12.9 Å². The Balaban J connectivity index is 1.63. The standard InChI is InChI=1S/C20H31N5O4Si/c1-19(2,3)30(7,8)26-9-12-14-15(29-20(4,5)28-14)18(27-12)25-11-24-13-16(21-6)22-10-23-17(13)25/h10-12,14-15,18H,6,9H2,1-5,7-8H3/t12-,14?,15+,18-/m1/s1. The fourth-order valence-corrected chi connectivity index (χ4v) is 4.68. The Morgan fingerprint density at radius 3 is 2.57 bits per heavy atom. The second-order valence-corrected chi connectivity index (χ2v) is 14.7. The molecule has 2 aliphatic rings. The molecule has 0 bridgehead atoms. The highest BCUT2D eigenvalue weighted by Crippen LogP contribution is 2.45. The molecule has 0 aliphatic carbocycles. The summed E-state index contributed by atoms with van der Waals surface area (Å²) >= 11 is 0. The third kappa shape index (κ3) is 3.60. The van der Waals surface area contributed by atoms with Crippen LogP contribution in [0.3, 0.4) is 0 Å². The van der Waals surface area contributed by atoms with Gasteiger partial charge < -0.3 is 18.6 Å². The number of hydrogen-bond acceptors (Lipinski definition) is 8. The van der Waals surface area contributed by atoms with Gasteiger partial charge >= 0.3 is 0 Å². The zero-order chi connectivity index (χ0) is 21.9. The Bertz CT molecular complexity index is 954. The number of hydrogen-bond donors (Lipinski definition) is 0. The maximum Gasteiger partial charge on any atom is 0.192 e. The van der Waals surface area contributed by atoms with E-state index in [9.17, 15) is 0 Å². The van der Waals surface area contributed by atoms with E-state index in [0.29, 0.717) is 23.6 Å². The van der Waals surface area contributed by atoms with E-state index < -0.39 is 20.3 Å². The molecule has 4 rings (SSSR count). The molecule has 0 aromatic carbocycles. The van der Waals surface area contributed by atoms with Crippen LogP contribution in [0.1, 0.15) is 40.8 Å². The largest absolute Gasteiger partial charge is 0.414 e. The van der Waals surface area contributed by atoms with Crippen molar-refractivity contribution in [1.82, 2.24) is 19.5 Å². The average Bonchev–Trinajstić information content (AvgIpc) is 3.29. The highest BCUT2D eigenvalue weighted by molar-refractivity contribution is 6.74. The summed E-state index contributed by atoms with van der Waals surface area (Å²) in [6, 6.07) is 0. The molecular weight excluding hydrogens is 402 g/mol. The number of nitrogens with zero attached hydrogens (tertiary/aromatic N) is 5. The molecule has 0 N–H and O–H groups in total. The van der Waals surface area contributed by atoms with Gasteiger partial charge in [0.1, 0.15) is 24.6 Å². The van der Waals surface area contributed by atoms with Crippen molar-refractivity contribution in [1.29, 1.82) is 0 Å². The summed E-state index contributed by atoms with van der Waals surface area (Å²) in [4.78, 5) is 16.9. The van der Waals surface area contributed by atoms with Crippen LogP contribution in [0.25, 0.3) is 11.2 Å². The lowest BCUT2D eigenvalue weighted by molar-refractivity contribution is -0.199. The third-order valence-corrected chi connectivity index (χ3v) is 10.8. The van der Waals surface area contributed by atoms with Gasteiger partial charge in [-0.3, -0.25) is 4.57 Å². The number of aliphatic imine (C=N–C) groups is 1. The van der Waals surface area contributed by atoms with Crippen LogP contribution >= 0.6 is 0 Å². The van der Waals surface area contributed by atoms with Gasteiger partial charge in [0.2, 0.25) is 0 Å². The molecular formula is C20H31N5O4Si. The first-order valence-corrected chi connectivity index (χ1v) is 13.1. The molecule has 1 unspecified atom stereocenters. The van der Waals surface area contributed by atoms with E-state index in [1.807, 2.05) is 18.4 Å². The van der Waals surface area contributed by atoms with E-state index in [2.05, 4.69) is 60.5 Å². The molecule has 4 heterocycles. The van der Waals surface area contributed by atoms with E-state index in [-0.39, 0.29) is 23.4 Å². The molecule has 2 aliphatic heterocycles. The van der Waals surface area contributed by atoms with Crippen LogP contribution in [0.2, 0.25) is 18.1 Å². The lowest BCUT2D eigenvalue weighted by Crippen LogP contribution is -2.44. The van der Waals surface area contributed by atoms with E-state index >= 15 is 0 Å². The second-order valence-electron chi connectivity index (χ2n) is 9.88. The molecule has 2 saturated heterocycles. The van der Waals surface area contributed by atoms with Crippen LogP contribution < -0.4 is 0 Å². The van der Waals surface area contributed by atoms with Gasteiger partial charge in [-0.25, -0.2) is 19.9 Å². The number of rotatable bonds is 5. The van der Waals surface area contributed by atoms with Crippen LogP contribution in [0, 0.1) is 0 Å². The molecule has 2 aromatic heterocycles. The van der Waals surface area contributed by atoms with Crippen molar-refractivity contribution >= 4 is 32.0 Å². The molecule has 0 spiro atoms. The summed E-state index contributed by atoms with van der Waals surface area (Å²) in [5, 5.41) is 0.113. The van der Waals surface area contributed by atoms with Gasteiger partial charge in [0.25, 0.3) is 0 Å². The minimum absolute atomic E-state index is 0.113. The van der Waals surface area contributed by atoms with E-state index in [0.717, 1.165) is 0 Å². The van der Waals surface area contributed by atoms with Crippen molar-refractivity contribution in [3.8, 4) is 0 Å². The van der Waals surface area contributed by atoms with E-state index in [1.54, 1.807) is 6.33 Å². The van der Waals surface area contributed by atoms with Gasteiger partial charge in [-0.15, -0.1) is 0 Å². The summed E-state index contributed by atoms with van der Waals surface area (Å²) < 4.78 is 27.2. The van der Waals surface area contributed by atoms with Crippen molar-refractivity contribution in [3.05, 3.63) is 12.7 Å². The Morgan fingerprint density at radius 2 is 1.90 bits per heavy atom. The highest BCUT2D eigenvalue weighted by atomic mass is 28.4. The Morgan fingerprint density at radius 1 is 1.20 bits per heavy atom. The van der Waals surface area contributed by atoms with Crippen molar-refractivity contribution in [3.63, 3.8) is 0 Å². The summed E-state index contributed by atoms with van der Waals surface area (Å²) in [6.07, 6.45) is 1.88. The number of fused-ring (bicyclic) bond motifs is 2. The SMILES string of the molecule is C=Nc1ncnc2c1ncn2[C@@H]1O[C@H](CO[Si](C)(C)C(C)(C)C)C2OC(C)(C)O[C@@H]21. The fraction of sp³-hybridized carbons (Fsp3) is 0.700. The quantitative estimate of drug-likeness (QED) is 0.525. The van der Waals surface area contributed by atoms with Crippen LogP contribution in [0.4, 0.5) is 5.82 Å². The predicted molar refractivity (Wildman–Crippen MR) is 115 cm³/mol. The second kappa shape index (κ2) is 7.16. The van der Waals surface area contributed by atoms with E-state index in [4.69, 9.17) is 18.6 Å². The van der Waals surface area contributed by atoms with Gasteiger partial charge in [0, 0.05) is 0 Å². The molecule has 4 atom stereocenters. The molecule has 2 aromatic rings. The minimum Gasteiger partial charge on any atom is -0.414 e. The molecule has 0 saturated carbocycles. The average molecular weight is 434 g/mol. The predicted octanol–water partition coefficient (Wildman–Crippen LogP) is 3.60. The molecule has 9 nitrogen and oxygen atoms in total. The smallest absolute Gasteiger partial charge is 0.192 e. The first-order chi connectivity index (χ1) is 13.9. The van der Waals surface area contributed by atoms with Gasteiger partial charge in [0.15, 0.2) is 37.3 Å². The zero-order valence-electron chi connectivity index (χ0n) is 18.7. The maximum absolute atomic E-state index is 6.45. The summed E-state index contributed by atoms with van der Waals surface area (Å²) in [6.45, 7) is 19.0. The molecule has 2 fully saturated rings.